The van der Waals surface area contributed by atoms with Crippen LogP contribution in [0.2, 0.25) is 0 Å². The number of phosphoric ester groups is 2. The van der Waals surface area contributed by atoms with E-state index < -0.39 is 97.5 Å². The molecule has 0 fully saturated rings. The fraction of sp³-hybridized carbons (Fsp3) is 0.940. The number of unbranched alkanes of at least 4 members (excludes halogenated alkanes) is 38. The zero-order valence-corrected chi connectivity index (χ0v) is 57.2. The fourth-order valence-electron chi connectivity index (χ4n) is 10.1. The van der Waals surface area contributed by atoms with Gasteiger partial charge in [-0.25, -0.2) is 9.13 Å². The lowest BCUT2D eigenvalue weighted by molar-refractivity contribution is -0.161. The standard InChI is InChI=1S/C67H130O17P2/c1-6-10-13-16-19-20-21-22-23-24-25-26-27-28-29-30-31-38-43-48-53-67(72)84-63(57-78-65(70)51-46-41-37-33-32-36-39-44-49-60(5)9-4)59-82-86(75,76)80-55-61(68)54-79-85(73,74)81-58-62(83-66(71)52-47-42-35-18-15-12-8-3)56-77-64(69)50-45-40-34-17-14-11-7-2/h60-63,68H,6-59H2,1-5H3,(H,73,74)(H,75,76)/t60?,61-,62+,63+/m0/s1. The van der Waals surface area contributed by atoms with Gasteiger partial charge in [-0.3, -0.25) is 37.3 Å². The Morgan fingerprint density at radius 1 is 0.326 bits per heavy atom. The molecule has 0 aromatic heterocycles. The predicted molar refractivity (Wildman–Crippen MR) is 345 cm³/mol. The van der Waals surface area contributed by atoms with Crippen molar-refractivity contribution in [1.82, 2.24) is 0 Å². The summed E-state index contributed by atoms with van der Waals surface area (Å²) >= 11 is 0. The van der Waals surface area contributed by atoms with Gasteiger partial charge in [-0.1, -0.05) is 291 Å². The maximum Gasteiger partial charge on any atom is 0.472 e. The van der Waals surface area contributed by atoms with E-state index in [1.54, 1.807) is 0 Å². The first-order valence-electron chi connectivity index (χ1n) is 35.2. The largest absolute Gasteiger partial charge is 0.472 e. The van der Waals surface area contributed by atoms with E-state index in [4.69, 9.17) is 37.0 Å². The van der Waals surface area contributed by atoms with Crippen molar-refractivity contribution in [3.63, 3.8) is 0 Å². The number of hydrogen-bond donors (Lipinski definition) is 3. The van der Waals surface area contributed by atoms with Crippen molar-refractivity contribution in [1.29, 1.82) is 0 Å². The molecule has 0 aliphatic rings. The number of hydrogen-bond acceptors (Lipinski definition) is 15. The minimum absolute atomic E-state index is 0.103. The molecule has 0 spiro atoms. The second-order valence-electron chi connectivity index (χ2n) is 24.5. The molecule has 0 aliphatic carbocycles. The van der Waals surface area contributed by atoms with Gasteiger partial charge < -0.3 is 33.8 Å². The monoisotopic (exact) mass is 1270 g/mol. The highest BCUT2D eigenvalue weighted by Crippen LogP contribution is 2.45. The van der Waals surface area contributed by atoms with Crippen LogP contribution in [0.1, 0.15) is 343 Å². The van der Waals surface area contributed by atoms with Crippen LogP contribution in [0.25, 0.3) is 0 Å². The lowest BCUT2D eigenvalue weighted by atomic mass is 9.99. The lowest BCUT2D eigenvalue weighted by Gasteiger charge is -2.21. The van der Waals surface area contributed by atoms with Gasteiger partial charge in [0, 0.05) is 25.7 Å². The smallest absolute Gasteiger partial charge is 0.462 e. The molecule has 19 heteroatoms. The zero-order valence-electron chi connectivity index (χ0n) is 55.4. The molecule has 510 valence electrons. The van der Waals surface area contributed by atoms with Gasteiger partial charge in [0.1, 0.15) is 19.3 Å². The Morgan fingerprint density at radius 2 is 0.558 bits per heavy atom. The van der Waals surface area contributed by atoms with Crippen molar-refractivity contribution in [3.8, 4) is 0 Å². The fourth-order valence-corrected chi connectivity index (χ4v) is 11.7. The number of phosphoric acid groups is 2. The van der Waals surface area contributed by atoms with Crippen LogP contribution in [-0.4, -0.2) is 96.7 Å². The third-order valence-corrected chi connectivity index (χ3v) is 17.8. The molecule has 17 nitrogen and oxygen atoms in total. The first-order chi connectivity index (χ1) is 41.6. The van der Waals surface area contributed by atoms with Gasteiger partial charge in [0.15, 0.2) is 12.2 Å². The summed E-state index contributed by atoms with van der Waals surface area (Å²) < 4.78 is 67.9. The highest BCUT2D eigenvalue weighted by Gasteiger charge is 2.30. The molecule has 0 rings (SSSR count). The molecule has 0 saturated heterocycles. The second kappa shape index (κ2) is 60.6. The van der Waals surface area contributed by atoms with E-state index in [-0.39, 0.29) is 25.7 Å². The maximum absolute atomic E-state index is 13.0. The molecule has 86 heavy (non-hydrogen) atoms. The summed E-state index contributed by atoms with van der Waals surface area (Å²) in [6, 6.07) is 0. The number of aliphatic hydroxyl groups excluding tert-OH is 1. The number of carbonyl (C=O) groups excluding carboxylic acids is 4. The van der Waals surface area contributed by atoms with Crippen LogP contribution >= 0.6 is 15.6 Å². The van der Waals surface area contributed by atoms with Crippen LogP contribution in [0, 0.1) is 5.92 Å². The van der Waals surface area contributed by atoms with Gasteiger partial charge in [-0.2, -0.15) is 0 Å². The van der Waals surface area contributed by atoms with E-state index in [0.29, 0.717) is 25.7 Å². The Balaban J connectivity index is 5.12. The Morgan fingerprint density at radius 3 is 0.826 bits per heavy atom. The minimum Gasteiger partial charge on any atom is -0.462 e. The quantitative estimate of drug-likeness (QED) is 0.0222. The third-order valence-electron chi connectivity index (χ3n) is 15.9. The van der Waals surface area contributed by atoms with Gasteiger partial charge >= 0.3 is 39.5 Å². The Hall–Kier alpha value is -1.94. The van der Waals surface area contributed by atoms with Crippen molar-refractivity contribution in [2.24, 2.45) is 5.92 Å². The van der Waals surface area contributed by atoms with Crippen LogP contribution in [0.5, 0.6) is 0 Å². The van der Waals surface area contributed by atoms with E-state index in [2.05, 4.69) is 34.6 Å². The topological polar surface area (TPSA) is 237 Å². The molecule has 0 aliphatic heterocycles. The van der Waals surface area contributed by atoms with Crippen molar-refractivity contribution >= 4 is 39.5 Å². The summed E-state index contributed by atoms with van der Waals surface area (Å²) in [6.45, 7) is 7.13. The third kappa shape index (κ3) is 59.7. The predicted octanol–water partition coefficient (Wildman–Crippen LogP) is 19.0. The molecule has 6 atom stereocenters. The number of rotatable bonds is 67. The molecule has 0 bridgehead atoms. The second-order valence-corrected chi connectivity index (χ2v) is 27.4. The van der Waals surface area contributed by atoms with E-state index in [9.17, 15) is 43.2 Å². The molecular weight excluding hydrogens is 1140 g/mol. The van der Waals surface area contributed by atoms with Gasteiger partial charge in [-0.05, 0) is 31.6 Å². The molecule has 0 saturated carbocycles. The summed E-state index contributed by atoms with van der Waals surface area (Å²) in [5.41, 5.74) is 0. The van der Waals surface area contributed by atoms with E-state index in [0.717, 1.165) is 121 Å². The van der Waals surface area contributed by atoms with E-state index in [1.165, 1.54) is 141 Å². The maximum atomic E-state index is 13.0. The van der Waals surface area contributed by atoms with Gasteiger partial charge in [0.05, 0.1) is 26.4 Å². The molecule has 3 unspecified atom stereocenters. The van der Waals surface area contributed by atoms with Crippen LogP contribution in [-0.2, 0) is 65.4 Å². The highest BCUT2D eigenvalue weighted by atomic mass is 31.2. The summed E-state index contributed by atoms with van der Waals surface area (Å²) in [7, 11) is -9.88. The molecule has 0 radical (unpaired) electrons. The summed E-state index contributed by atoms with van der Waals surface area (Å²) in [5.74, 6) is -1.36. The van der Waals surface area contributed by atoms with Crippen molar-refractivity contribution in [2.75, 3.05) is 39.6 Å². The summed E-state index contributed by atoms with van der Waals surface area (Å²) in [4.78, 5) is 72.1. The number of esters is 4. The Bertz CT molecular complexity index is 1670. The molecule has 0 heterocycles. The van der Waals surface area contributed by atoms with Crippen LogP contribution in [0.4, 0.5) is 0 Å². The van der Waals surface area contributed by atoms with Gasteiger partial charge in [0.25, 0.3) is 0 Å². The molecule has 3 N–H and O–H groups in total. The van der Waals surface area contributed by atoms with Gasteiger partial charge in [-0.15, -0.1) is 0 Å². The first-order valence-corrected chi connectivity index (χ1v) is 38.2. The minimum atomic E-state index is -4.95. The molecule has 0 amide bonds. The lowest BCUT2D eigenvalue weighted by Crippen LogP contribution is -2.30. The summed E-state index contributed by atoms with van der Waals surface area (Å²) in [6.07, 6.45) is 46.2. The highest BCUT2D eigenvalue weighted by molar-refractivity contribution is 7.47. The van der Waals surface area contributed by atoms with Crippen LogP contribution in [0.3, 0.4) is 0 Å². The zero-order chi connectivity index (χ0) is 63.5. The number of carbonyl (C=O) groups is 4. The Labute approximate surface area is 524 Å². The van der Waals surface area contributed by atoms with E-state index >= 15 is 0 Å². The van der Waals surface area contributed by atoms with Crippen molar-refractivity contribution < 1.29 is 80.2 Å². The van der Waals surface area contributed by atoms with Crippen LogP contribution < -0.4 is 0 Å². The SMILES string of the molecule is CCCCCCCCCCCCCCCCCCCCCCC(=O)O[C@H](COC(=O)CCCCCCCCCCC(C)CC)COP(=O)(O)OC[C@@H](O)COP(=O)(O)OC[C@@H](COC(=O)CCCCCCCCC)OC(=O)CCCCCCCCC. The van der Waals surface area contributed by atoms with Crippen molar-refractivity contribution in [3.05, 3.63) is 0 Å². The van der Waals surface area contributed by atoms with Gasteiger partial charge in [0.2, 0.25) is 0 Å². The molecule has 0 aromatic rings. The van der Waals surface area contributed by atoms with Crippen molar-refractivity contribution in [2.45, 2.75) is 361 Å². The normalized spacial score (nSPS) is 14.5. The van der Waals surface area contributed by atoms with E-state index in [1.807, 2.05) is 0 Å². The summed E-state index contributed by atoms with van der Waals surface area (Å²) in [5, 5.41) is 10.5. The first kappa shape index (κ1) is 84.1. The Kier molecular flexibility index (Phi) is 59.2. The number of aliphatic hydroxyl groups is 1. The van der Waals surface area contributed by atoms with Crippen LogP contribution in [0.15, 0.2) is 0 Å². The average Bonchev–Trinajstić information content (AvgIpc) is 3.59. The molecule has 0 aromatic carbocycles. The molecular formula is C67H130O17P2. The number of ether oxygens (including phenoxy) is 4. The average molecular weight is 1270 g/mol.